The van der Waals surface area contributed by atoms with E-state index in [1.54, 1.807) is 11.3 Å². The number of benzene rings is 1. The molecule has 2 heterocycles. The minimum atomic E-state index is -1.70. The average molecular weight is 575 g/mol. The number of amides is 2. The van der Waals surface area contributed by atoms with E-state index >= 15 is 0 Å². The fraction of sp³-hybridized carbons (Fsp3) is 0.600. The van der Waals surface area contributed by atoms with Gasteiger partial charge in [-0.15, -0.1) is 11.3 Å². The van der Waals surface area contributed by atoms with Crippen molar-refractivity contribution in [1.29, 1.82) is 0 Å². The molecule has 2 aromatic rings. The first-order valence-electron chi connectivity index (χ1n) is 13.9. The highest BCUT2D eigenvalue weighted by molar-refractivity contribution is 7.13. The van der Waals surface area contributed by atoms with Gasteiger partial charge in [-0.25, -0.2) is 9.37 Å². The zero-order chi connectivity index (χ0) is 29.7. The van der Waals surface area contributed by atoms with Crippen LogP contribution in [-0.2, 0) is 20.9 Å². The van der Waals surface area contributed by atoms with Crippen LogP contribution in [0.25, 0.3) is 10.4 Å². The first-order chi connectivity index (χ1) is 18.7. The van der Waals surface area contributed by atoms with Crippen LogP contribution in [-0.4, -0.2) is 65.4 Å². The van der Waals surface area contributed by atoms with Crippen LogP contribution < -0.4 is 15.4 Å². The number of nitrogens with one attached hydrogen (secondary N) is 2. The molecule has 8 nitrogen and oxygen atoms in total. The third kappa shape index (κ3) is 8.33. The monoisotopic (exact) mass is 574 g/mol. The van der Waals surface area contributed by atoms with Gasteiger partial charge in [0, 0.05) is 12.1 Å². The van der Waals surface area contributed by atoms with E-state index in [4.69, 9.17) is 4.74 Å². The summed E-state index contributed by atoms with van der Waals surface area (Å²) >= 11 is 1.63. The fourth-order valence-corrected chi connectivity index (χ4v) is 5.19. The van der Waals surface area contributed by atoms with Crippen molar-refractivity contribution in [1.82, 2.24) is 20.5 Å². The Labute approximate surface area is 241 Å². The summed E-state index contributed by atoms with van der Waals surface area (Å²) in [5, 5.41) is 5.51. The van der Waals surface area contributed by atoms with Crippen molar-refractivity contribution >= 4 is 29.4 Å². The second-order valence-electron chi connectivity index (χ2n) is 12.0. The number of likely N-dealkylation sites (tertiary alicyclic amines) is 1. The highest BCUT2D eigenvalue weighted by atomic mass is 32.1. The lowest BCUT2D eigenvalue weighted by atomic mass is 9.87. The Morgan fingerprint density at radius 3 is 2.50 bits per heavy atom. The summed E-state index contributed by atoms with van der Waals surface area (Å²) < 4.78 is 19.3. The first kappa shape index (κ1) is 31.7. The predicted molar refractivity (Wildman–Crippen MR) is 156 cm³/mol. The second-order valence-corrected chi connectivity index (χ2v) is 12.9. The van der Waals surface area contributed by atoms with Crippen molar-refractivity contribution in [3.05, 3.63) is 35.0 Å². The number of halogens is 1. The lowest BCUT2D eigenvalue weighted by Crippen LogP contribution is -2.48. The molecule has 1 aliphatic heterocycles. The lowest BCUT2D eigenvalue weighted by molar-refractivity contribution is -0.131. The number of aryl methyl sites for hydroxylation is 1. The average Bonchev–Trinajstić information content (AvgIpc) is 3.26. The summed E-state index contributed by atoms with van der Waals surface area (Å²) in [6, 6.07) is 5.55. The lowest BCUT2D eigenvalue weighted by Gasteiger charge is -2.27. The number of rotatable bonds is 9. The van der Waals surface area contributed by atoms with Crippen molar-refractivity contribution in [2.75, 3.05) is 13.6 Å². The van der Waals surface area contributed by atoms with Crippen LogP contribution in [0.3, 0.4) is 0 Å². The summed E-state index contributed by atoms with van der Waals surface area (Å²) in [5.74, 6) is 0.276. The Balaban J connectivity index is 0.000000267. The van der Waals surface area contributed by atoms with E-state index in [1.807, 2.05) is 60.2 Å². The zero-order valence-corrected chi connectivity index (χ0v) is 25.5. The van der Waals surface area contributed by atoms with Crippen LogP contribution in [0.15, 0.2) is 23.7 Å². The molecule has 220 valence electrons. The van der Waals surface area contributed by atoms with Crippen LogP contribution in [0.2, 0.25) is 0 Å². The number of aldehydes is 1. The molecular formula is C30H43FN4O4S. The standard InChI is InChI=1S/C20H27N3O2S.C10H16FNO2/c1-13(2)25-18-10-15(19-14(3)22-12-26-19)7-8-16(18)11-21-20(24)17-6-5-9-23(17)4;1-9(2,3)7(6-13)12-8(14)10(11)4-5-10/h7-8,10,12-13,17H,5-6,9,11H2,1-4H3,(H,21,24);6-7H,4-5H2,1-3H3,(H,12,14). The summed E-state index contributed by atoms with van der Waals surface area (Å²) in [5.41, 5.74) is 2.91. The van der Waals surface area contributed by atoms with Gasteiger partial charge in [-0.3, -0.25) is 14.5 Å². The fourth-order valence-electron chi connectivity index (χ4n) is 4.39. The summed E-state index contributed by atoms with van der Waals surface area (Å²) in [4.78, 5) is 42.1. The van der Waals surface area contributed by atoms with Crippen molar-refractivity contribution < 1.29 is 23.5 Å². The van der Waals surface area contributed by atoms with Gasteiger partial charge in [0.2, 0.25) is 5.91 Å². The van der Waals surface area contributed by atoms with E-state index in [1.165, 1.54) is 0 Å². The van der Waals surface area contributed by atoms with Gasteiger partial charge in [-0.05, 0) is 77.1 Å². The third-order valence-electron chi connectivity index (χ3n) is 7.17. The van der Waals surface area contributed by atoms with Crippen molar-refractivity contribution in [3.8, 4) is 16.2 Å². The molecule has 0 spiro atoms. The second kappa shape index (κ2) is 13.2. The van der Waals surface area contributed by atoms with Gasteiger partial charge in [0.25, 0.3) is 5.91 Å². The van der Waals surface area contributed by atoms with E-state index in [-0.39, 0.29) is 36.3 Å². The molecule has 1 aliphatic carbocycles. The first-order valence-corrected chi connectivity index (χ1v) is 14.8. The molecule has 2 fully saturated rings. The zero-order valence-electron chi connectivity index (χ0n) is 24.7. The smallest absolute Gasteiger partial charge is 0.258 e. The maximum Gasteiger partial charge on any atom is 0.258 e. The van der Waals surface area contributed by atoms with E-state index < -0.39 is 17.6 Å². The van der Waals surface area contributed by atoms with Gasteiger partial charge in [0.05, 0.1) is 34.3 Å². The van der Waals surface area contributed by atoms with Gasteiger partial charge in [0.1, 0.15) is 12.0 Å². The molecular weight excluding hydrogens is 531 g/mol. The molecule has 2 atom stereocenters. The van der Waals surface area contributed by atoms with Crippen molar-refractivity contribution in [2.45, 2.75) is 97.6 Å². The molecule has 10 heteroatoms. The Hall–Kier alpha value is -2.85. The molecule has 2 aliphatic rings. The number of thiazole rings is 1. The number of aromatic nitrogens is 1. The van der Waals surface area contributed by atoms with Crippen LogP contribution in [0.1, 0.15) is 71.6 Å². The van der Waals surface area contributed by atoms with E-state index in [2.05, 4.69) is 32.7 Å². The third-order valence-corrected chi connectivity index (χ3v) is 8.14. The normalized spacial score (nSPS) is 18.9. The van der Waals surface area contributed by atoms with Gasteiger partial charge in [-0.1, -0.05) is 32.9 Å². The molecule has 4 rings (SSSR count). The predicted octanol–water partition coefficient (Wildman–Crippen LogP) is 4.83. The van der Waals surface area contributed by atoms with Crippen LogP contribution in [0, 0.1) is 12.3 Å². The Bertz CT molecular complexity index is 1190. The summed E-state index contributed by atoms with van der Waals surface area (Å²) in [7, 11) is 2.01. The SMILES string of the molecule is CC(C)(C)C(C=O)NC(=O)C1(F)CC1.Cc1ncsc1-c1ccc(CNC(=O)C2CCCN2C)c(OC(C)C)c1. The molecule has 2 N–H and O–H groups in total. The number of alkyl halides is 1. The number of likely N-dealkylation sites (N-methyl/N-ethyl adjacent to an activating group) is 1. The Morgan fingerprint density at radius 1 is 1.30 bits per heavy atom. The molecule has 0 radical (unpaired) electrons. The van der Waals surface area contributed by atoms with Crippen molar-refractivity contribution in [2.24, 2.45) is 5.41 Å². The highest BCUT2D eigenvalue weighted by Crippen LogP contribution is 2.40. The van der Waals surface area contributed by atoms with E-state index in [0.29, 0.717) is 12.8 Å². The van der Waals surface area contributed by atoms with Crippen molar-refractivity contribution in [3.63, 3.8) is 0 Å². The van der Waals surface area contributed by atoms with Gasteiger partial charge in [0.15, 0.2) is 5.67 Å². The topological polar surface area (TPSA) is 101 Å². The maximum absolute atomic E-state index is 13.3. The Kier molecular flexibility index (Phi) is 10.5. The number of hydrogen-bond donors (Lipinski definition) is 2. The molecule has 1 saturated heterocycles. The molecule has 2 unspecified atom stereocenters. The molecule has 1 saturated carbocycles. The van der Waals surface area contributed by atoms with Crippen LogP contribution in [0.4, 0.5) is 4.39 Å². The largest absolute Gasteiger partial charge is 0.491 e. The minimum absolute atomic E-state index is 0.0106. The number of carbonyl (C=O) groups excluding carboxylic acids is 3. The molecule has 0 bridgehead atoms. The highest BCUT2D eigenvalue weighted by Gasteiger charge is 2.51. The van der Waals surface area contributed by atoms with E-state index in [0.717, 1.165) is 46.8 Å². The maximum atomic E-state index is 13.3. The Morgan fingerprint density at radius 2 is 2.00 bits per heavy atom. The number of ether oxygens (including phenoxy) is 1. The molecule has 1 aromatic heterocycles. The van der Waals surface area contributed by atoms with Crippen LogP contribution in [0.5, 0.6) is 5.75 Å². The quantitative estimate of drug-likeness (QED) is 0.416. The van der Waals surface area contributed by atoms with E-state index in [9.17, 15) is 18.8 Å². The molecule has 2 amide bonds. The summed E-state index contributed by atoms with van der Waals surface area (Å²) in [6.45, 7) is 13.0. The number of hydrogen-bond acceptors (Lipinski definition) is 7. The number of nitrogens with zero attached hydrogens (tertiary/aromatic N) is 2. The molecule has 1 aromatic carbocycles. The van der Waals surface area contributed by atoms with Gasteiger partial charge in [-0.2, -0.15) is 0 Å². The van der Waals surface area contributed by atoms with Crippen LogP contribution >= 0.6 is 11.3 Å². The number of carbonyl (C=O) groups is 3. The molecule has 40 heavy (non-hydrogen) atoms. The van der Waals surface area contributed by atoms with Gasteiger partial charge < -0.3 is 20.2 Å². The summed E-state index contributed by atoms with van der Waals surface area (Å²) in [6.07, 6.45) is 3.29. The minimum Gasteiger partial charge on any atom is -0.491 e. The van der Waals surface area contributed by atoms with Gasteiger partial charge >= 0.3 is 0 Å².